The second kappa shape index (κ2) is 7.04. The van der Waals surface area contributed by atoms with Gasteiger partial charge in [-0.3, -0.25) is 0 Å². The minimum Gasteiger partial charge on any atom is -0.316 e. The van der Waals surface area contributed by atoms with Crippen LogP contribution in [0.4, 0.5) is 0 Å². The van der Waals surface area contributed by atoms with Gasteiger partial charge in [0.15, 0.2) is 0 Å². The van der Waals surface area contributed by atoms with E-state index in [1.165, 1.54) is 19.3 Å². The van der Waals surface area contributed by atoms with Crippen molar-refractivity contribution in [3.05, 3.63) is 0 Å². The maximum atomic E-state index is 12.2. The lowest BCUT2D eigenvalue weighted by atomic mass is 9.85. The summed E-state index contributed by atoms with van der Waals surface area (Å²) in [6, 6.07) is 0.185. The summed E-state index contributed by atoms with van der Waals surface area (Å²) in [6.45, 7) is 4.11. The quantitative estimate of drug-likeness (QED) is 0.812. The molecule has 1 saturated heterocycles. The molecule has 0 aromatic carbocycles. The monoisotopic (exact) mass is 288 g/mol. The number of sulfonamides is 1. The molecular formula is C14H28N2O2S. The van der Waals surface area contributed by atoms with E-state index in [2.05, 4.69) is 17.0 Å². The van der Waals surface area contributed by atoms with Crippen molar-refractivity contribution in [1.29, 1.82) is 0 Å². The molecule has 0 radical (unpaired) electrons. The van der Waals surface area contributed by atoms with Crippen molar-refractivity contribution in [3.8, 4) is 0 Å². The van der Waals surface area contributed by atoms with Crippen LogP contribution in [0.25, 0.3) is 0 Å². The SMILES string of the molecule is CCC1CCC(NS(=O)(=O)CC2CCCNC2)CC1. The predicted octanol–water partition coefficient (Wildman–Crippen LogP) is 1.87. The van der Waals surface area contributed by atoms with Gasteiger partial charge < -0.3 is 5.32 Å². The van der Waals surface area contributed by atoms with Crippen LogP contribution in [0.3, 0.4) is 0 Å². The van der Waals surface area contributed by atoms with Crippen LogP contribution in [0.5, 0.6) is 0 Å². The molecule has 4 nitrogen and oxygen atoms in total. The Balaban J connectivity index is 1.77. The van der Waals surface area contributed by atoms with Crippen molar-refractivity contribution in [2.45, 2.75) is 57.9 Å². The first-order valence-electron chi connectivity index (χ1n) is 7.80. The molecule has 2 rings (SSSR count). The molecular weight excluding hydrogens is 260 g/mol. The van der Waals surface area contributed by atoms with Gasteiger partial charge in [0.25, 0.3) is 0 Å². The third kappa shape index (κ3) is 5.04. The standard InChI is InChI=1S/C14H28N2O2S/c1-2-12-5-7-14(8-6-12)16-19(17,18)11-13-4-3-9-15-10-13/h12-16H,2-11H2,1H3. The molecule has 1 aliphatic heterocycles. The molecule has 2 N–H and O–H groups in total. The third-order valence-corrected chi connectivity index (χ3v) is 6.23. The van der Waals surface area contributed by atoms with Gasteiger partial charge >= 0.3 is 0 Å². The average Bonchev–Trinajstić information content (AvgIpc) is 2.39. The fourth-order valence-electron chi connectivity index (χ4n) is 3.37. The van der Waals surface area contributed by atoms with Gasteiger partial charge in [-0.15, -0.1) is 0 Å². The highest BCUT2D eigenvalue weighted by Crippen LogP contribution is 2.27. The zero-order valence-electron chi connectivity index (χ0n) is 12.0. The van der Waals surface area contributed by atoms with E-state index >= 15 is 0 Å². The van der Waals surface area contributed by atoms with Gasteiger partial charge in [0, 0.05) is 6.04 Å². The van der Waals surface area contributed by atoms with Crippen LogP contribution in [0, 0.1) is 11.8 Å². The van der Waals surface area contributed by atoms with Crippen LogP contribution in [0.15, 0.2) is 0 Å². The Labute approximate surface area is 117 Å². The highest BCUT2D eigenvalue weighted by molar-refractivity contribution is 7.89. The molecule has 0 aromatic heterocycles. The molecule has 0 amide bonds. The number of nitrogens with one attached hydrogen (secondary N) is 2. The van der Waals surface area contributed by atoms with Crippen molar-refractivity contribution >= 4 is 10.0 Å². The second-order valence-corrected chi connectivity index (χ2v) is 8.04. The lowest BCUT2D eigenvalue weighted by Gasteiger charge is -2.29. The highest BCUT2D eigenvalue weighted by Gasteiger charge is 2.26. The summed E-state index contributed by atoms with van der Waals surface area (Å²) >= 11 is 0. The fraction of sp³-hybridized carbons (Fsp3) is 1.00. The molecule has 112 valence electrons. The van der Waals surface area contributed by atoms with E-state index in [9.17, 15) is 8.42 Å². The van der Waals surface area contributed by atoms with Crippen LogP contribution in [-0.4, -0.2) is 33.3 Å². The Kier molecular flexibility index (Phi) is 5.66. The Bertz CT molecular complexity index is 356. The van der Waals surface area contributed by atoms with Crippen LogP contribution in [0.2, 0.25) is 0 Å². The molecule has 2 fully saturated rings. The van der Waals surface area contributed by atoms with Crippen LogP contribution >= 0.6 is 0 Å². The van der Waals surface area contributed by atoms with Gasteiger partial charge in [-0.1, -0.05) is 13.3 Å². The molecule has 5 heteroatoms. The molecule has 1 atom stereocenters. The van der Waals surface area contributed by atoms with Gasteiger partial charge in [-0.05, 0) is 63.5 Å². The first kappa shape index (κ1) is 15.3. The first-order chi connectivity index (χ1) is 9.09. The molecule has 0 bridgehead atoms. The van der Waals surface area contributed by atoms with Gasteiger partial charge in [0.05, 0.1) is 5.75 Å². The normalized spacial score (nSPS) is 33.2. The second-order valence-electron chi connectivity index (χ2n) is 6.24. The van der Waals surface area contributed by atoms with Gasteiger partial charge in [-0.2, -0.15) is 0 Å². The number of piperidine rings is 1. The van der Waals surface area contributed by atoms with Crippen LogP contribution < -0.4 is 10.0 Å². The van der Waals surface area contributed by atoms with Crippen molar-refractivity contribution in [3.63, 3.8) is 0 Å². The first-order valence-corrected chi connectivity index (χ1v) is 9.45. The lowest BCUT2D eigenvalue weighted by molar-refractivity contribution is 0.305. The summed E-state index contributed by atoms with van der Waals surface area (Å²) in [5.74, 6) is 1.40. The van der Waals surface area contributed by atoms with E-state index in [0.29, 0.717) is 11.7 Å². The van der Waals surface area contributed by atoms with Crippen LogP contribution in [0.1, 0.15) is 51.9 Å². The van der Waals surface area contributed by atoms with Crippen molar-refractivity contribution in [2.24, 2.45) is 11.8 Å². The third-order valence-electron chi connectivity index (χ3n) is 4.62. The molecule has 1 unspecified atom stereocenters. The van der Waals surface area contributed by atoms with E-state index in [1.54, 1.807) is 0 Å². The molecule has 19 heavy (non-hydrogen) atoms. The minimum atomic E-state index is -3.10. The van der Waals surface area contributed by atoms with Gasteiger partial charge in [0.1, 0.15) is 0 Å². The molecule has 2 aliphatic rings. The summed E-state index contributed by atoms with van der Waals surface area (Å²) in [4.78, 5) is 0. The zero-order chi connectivity index (χ0) is 13.7. The maximum absolute atomic E-state index is 12.2. The lowest BCUT2D eigenvalue weighted by Crippen LogP contribution is -2.42. The summed E-state index contributed by atoms with van der Waals surface area (Å²) < 4.78 is 27.3. The fourth-order valence-corrected chi connectivity index (χ4v) is 5.11. The van der Waals surface area contributed by atoms with E-state index in [0.717, 1.165) is 44.7 Å². The Hall–Kier alpha value is -0.130. The molecule has 0 spiro atoms. The molecule has 1 aliphatic carbocycles. The summed E-state index contributed by atoms with van der Waals surface area (Å²) in [5.41, 5.74) is 0. The number of rotatable bonds is 5. The highest BCUT2D eigenvalue weighted by atomic mass is 32.2. The molecule has 1 saturated carbocycles. The Morgan fingerprint density at radius 3 is 2.42 bits per heavy atom. The van der Waals surface area contributed by atoms with E-state index < -0.39 is 10.0 Å². The summed E-state index contributed by atoms with van der Waals surface area (Å²) in [7, 11) is -3.10. The summed E-state index contributed by atoms with van der Waals surface area (Å²) in [5, 5.41) is 3.28. The van der Waals surface area contributed by atoms with Crippen molar-refractivity contribution in [1.82, 2.24) is 10.0 Å². The predicted molar refractivity (Wildman–Crippen MR) is 78.6 cm³/mol. The average molecular weight is 288 g/mol. The van der Waals surface area contributed by atoms with Gasteiger partial charge in [-0.25, -0.2) is 13.1 Å². The maximum Gasteiger partial charge on any atom is 0.212 e. The smallest absolute Gasteiger partial charge is 0.212 e. The van der Waals surface area contributed by atoms with E-state index in [-0.39, 0.29) is 6.04 Å². The van der Waals surface area contributed by atoms with Gasteiger partial charge in [0.2, 0.25) is 10.0 Å². The molecule has 0 aromatic rings. The Morgan fingerprint density at radius 1 is 1.11 bits per heavy atom. The van der Waals surface area contributed by atoms with Crippen molar-refractivity contribution < 1.29 is 8.42 Å². The van der Waals surface area contributed by atoms with E-state index in [1.807, 2.05) is 0 Å². The van der Waals surface area contributed by atoms with Crippen molar-refractivity contribution in [2.75, 3.05) is 18.8 Å². The zero-order valence-corrected chi connectivity index (χ0v) is 12.8. The van der Waals surface area contributed by atoms with E-state index in [4.69, 9.17) is 0 Å². The number of hydrogen-bond donors (Lipinski definition) is 2. The topological polar surface area (TPSA) is 58.2 Å². The Morgan fingerprint density at radius 2 is 1.84 bits per heavy atom. The van der Waals surface area contributed by atoms with Crippen LogP contribution in [-0.2, 0) is 10.0 Å². The minimum absolute atomic E-state index is 0.185. The number of hydrogen-bond acceptors (Lipinski definition) is 3. The molecule has 1 heterocycles. The summed E-state index contributed by atoms with van der Waals surface area (Å²) in [6.07, 6.45) is 7.75. The largest absolute Gasteiger partial charge is 0.316 e.